The second-order valence-corrected chi connectivity index (χ2v) is 11.8. The van der Waals surface area contributed by atoms with Gasteiger partial charge in [0.15, 0.2) is 5.78 Å². The summed E-state index contributed by atoms with van der Waals surface area (Å²) in [6.07, 6.45) is 6.67. The molecule has 0 atom stereocenters. The first kappa shape index (κ1) is 34.2. The van der Waals surface area contributed by atoms with Crippen LogP contribution in [0.1, 0.15) is 53.4 Å². The topological polar surface area (TPSA) is 59.4 Å². The number of fused-ring (bicyclic) bond motifs is 7. The van der Waals surface area contributed by atoms with Crippen molar-refractivity contribution in [3.8, 4) is 22.8 Å². The summed E-state index contributed by atoms with van der Waals surface area (Å²) in [4.78, 5) is 16.4. The largest absolute Gasteiger partial charge is 0.512 e. The fourth-order valence-electron chi connectivity index (χ4n) is 6.48. The normalized spacial score (nSPS) is 12.2. The van der Waals surface area contributed by atoms with Gasteiger partial charge in [-0.2, -0.15) is 0 Å². The third kappa shape index (κ3) is 6.39. The zero-order chi connectivity index (χ0) is 32.5. The molecule has 7 heteroatoms. The molecule has 6 aromatic rings. The molecule has 1 N–H and O–H groups in total. The van der Waals surface area contributed by atoms with E-state index in [1.165, 1.54) is 12.1 Å². The number of halogens is 2. The summed E-state index contributed by atoms with van der Waals surface area (Å²) in [5, 5.41) is 16.1. The summed E-state index contributed by atoms with van der Waals surface area (Å²) in [5.74, 6) is 0.663. The first-order valence-electron chi connectivity index (χ1n) is 16.0. The van der Waals surface area contributed by atoms with E-state index in [-0.39, 0.29) is 43.5 Å². The molecular weight excluding hydrogens is 773 g/mol. The van der Waals surface area contributed by atoms with Crippen LogP contribution in [0.4, 0.5) is 8.78 Å². The Morgan fingerprint density at radius 2 is 1.51 bits per heavy atom. The van der Waals surface area contributed by atoms with Gasteiger partial charge in [-0.05, 0) is 65.4 Å². The number of carbonyl (C=O) groups is 1. The van der Waals surface area contributed by atoms with Crippen molar-refractivity contribution in [2.24, 2.45) is 11.8 Å². The van der Waals surface area contributed by atoms with E-state index in [0.29, 0.717) is 22.3 Å². The number of ketones is 1. The zero-order valence-electron chi connectivity index (χ0n) is 26.8. The minimum absolute atomic E-state index is 0. The van der Waals surface area contributed by atoms with Gasteiger partial charge in [-0.15, -0.1) is 17.5 Å². The maximum absolute atomic E-state index is 14.4. The van der Waals surface area contributed by atoms with Crippen LogP contribution >= 0.6 is 0 Å². The van der Waals surface area contributed by atoms with E-state index in [4.69, 9.17) is 4.74 Å². The molecule has 0 unspecified atom stereocenters. The first-order chi connectivity index (χ1) is 22.3. The number of hydrogen-bond donors (Lipinski definition) is 1. The quantitative estimate of drug-likeness (QED) is 0.0754. The molecule has 5 aromatic carbocycles. The number of benzene rings is 5. The van der Waals surface area contributed by atoms with Gasteiger partial charge in [-0.3, -0.25) is 9.78 Å². The van der Waals surface area contributed by atoms with Crippen molar-refractivity contribution in [2.75, 3.05) is 0 Å². The van der Waals surface area contributed by atoms with Gasteiger partial charge < -0.3 is 9.84 Å². The molecule has 2 heterocycles. The fourth-order valence-corrected chi connectivity index (χ4v) is 6.48. The van der Waals surface area contributed by atoms with Crippen molar-refractivity contribution in [1.82, 2.24) is 4.98 Å². The van der Waals surface area contributed by atoms with Crippen molar-refractivity contribution in [1.29, 1.82) is 0 Å². The van der Waals surface area contributed by atoms with Crippen molar-refractivity contribution >= 4 is 48.9 Å². The zero-order valence-corrected chi connectivity index (χ0v) is 29.2. The monoisotopic (exact) mass is 809 g/mol. The SMILES string of the molecule is CCC(CC)C(=O)/C=C(\O)C(CC)CC.Fc1cc(F)c2ccc3c4ccnc5c4c(cc3c2c1)Oc1cc2ccccc2[c-]c1-5.[Ir]. The Labute approximate surface area is 286 Å². The van der Waals surface area contributed by atoms with Crippen LogP contribution in [0, 0.1) is 29.5 Å². The number of hydrogen-bond acceptors (Lipinski definition) is 4. The summed E-state index contributed by atoms with van der Waals surface area (Å²) in [5.41, 5.74) is 1.61. The Morgan fingerprint density at radius 3 is 2.23 bits per heavy atom. The summed E-state index contributed by atoms with van der Waals surface area (Å²) in [7, 11) is 0. The third-order valence-corrected chi connectivity index (χ3v) is 9.15. The number of aromatic nitrogens is 1. The summed E-state index contributed by atoms with van der Waals surface area (Å²) in [6, 6.07) is 23.1. The molecule has 7 rings (SSSR count). The molecule has 243 valence electrons. The van der Waals surface area contributed by atoms with Gasteiger partial charge in [0.2, 0.25) is 0 Å². The first-order valence-corrected chi connectivity index (χ1v) is 16.0. The number of pyridine rings is 1. The van der Waals surface area contributed by atoms with Crippen LogP contribution < -0.4 is 4.74 Å². The van der Waals surface area contributed by atoms with Crippen LogP contribution in [0.3, 0.4) is 0 Å². The average Bonchev–Trinajstić information content (AvgIpc) is 3.05. The molecule has 1 aromatic heterocycles. The fraction of sp³-hybridized carbons (Fsp3) is 0.250. The number of allylic oxidation sites excluding steroid dienone is 2. The molecular formula is C40H36F2IrNO3-. The number of carbonyl (C=O) groups excluding carboxylic acids is 1. The number of rotatable bonds is 7. The molecule has 0 fully saturated rings. The number of aliphatic hydroxyl groups is 1. The average molecular weight is 809 g/mol. The molecule has 0 saturated heterocycles. The van der Waals surface area contributed by atoms with Crippen LogP contribution in [0.15, 0.2) is 84.8 Å². The minimum atomic E-state index is -0.603. The molecule has 0 bridgehead atoms. The standard InChI is InChI=1S/C27H12F2NO.C13H24O2.Ir/c28-16-11-20-18(23(29)12-16)6-5-17-19-7-8-30-27-22-9-14-3-1-2-4-15(14)10-24(22)31-25(26(19)27)13-21(17)20;1-5-10(6-2)12(14)9-13(15)11(7-3)8-4;/h1-8,10-13H;9-11,14H,5-8H2,1-4H3;/q-1;;/b;12-9-;. The second kappa shape index (κ2) is 14.3. The van der Waals surface area contributed by atoms with Crippen LogP contribution in [-0.4, -0.2) is 15.9 Å². The molecule has 0 amide bonds. The smallest absolute Gasteiger partial charge is 0.162 e. The van der Waals surface area contributed by atoms with E-state index in [0.717, 1.165) is 75.3 Å². The summed E-state index contributed by atoms with van der Waals surface area (Å²) < 4.78 is 34.8. The van der Waals surface area contributed by atoms with E-state index in [2.05, 4.69) is 11.1 Å². The molecule has 1 aliphatic heterocycles. The molecule has 0 spiro atoms. The molecule has 47 heavy (non-hydrogen) atoms. The Morgan fingerprint density at radius 1 is 0.830 bits per heavy atom. The molecule has 0 aliphatic carbocycles. The van der Waals surface area contributed by atoms with E-state index in [1.807, 2.05) is 76.2 Å². The molecule has 0 saturated carbocycles. The number of aliphatic hydroxyl groups excluding tert-OH is 1. The van der Waals surface area contributed by atoms with Gasteiger partial charge in [0.25, 0.3) is 0 Å². The van der Waals surface area contributed by atoms with Gasteiger partial charge >= 0.3 is 0 Å². The van der Waals surface area contributed by atoms with E-state index in [9.17, 15) is 18.7 Å². The van der Waals surface area contributed by atoms with Gasteiger partial charge in [0.1, 0.15) is 17.4 Å². The molecule has 1 aliphatic rings. The minimum Gasteiger partial charge on any atom is -0.512 e. The van der Waals surface area contributed by atoms with Crippen LogP contribution in [0.5, 0.6) is 11.5 Å². The summed E-state index contributed by atoms with van der Waals surface area (Å²) >= 11 is 0. The van der Waals surface area contributed by atoms with Crippen molar-refractivity contribution in [3.05, 3.63) is 102 Å². The molecule has 4 nitrogen and oxygen atoms in total. The van der Waals surface area contributed by atoms with Crippen molar-refractivity contribution in [3.63, 3.8) is 0 Å². The maximum Gasteiger partial charge on any atom is 0.162 e. The Balaban J connectivity index is 0.000000234. The van der Waals surface area contributed by atoms with Crippen LogP contribution in [-0.2, 0) is 24.9 Å². The van der Waals surface area contributed by atoms with Gasteiger partial charge in [-0.25, -0.2) is 8.78 Å². The van der Waals surface area contributed by atoms with Crippen LogP contribution in [0.2, 0.25) is 0 Å². The van der Waals surface area contributed by atoms with E-state index >= 15 is 0 Å². The van der Waals surface area contributed by atoms with Crippen LogP contribution in [0.25, 0.3) is 54.3 Å². The van der Waals surface area contributed by atoms with Gasteiger partial charge in [0, 0.05) is 66.7 Å². The molecule has 1 radical (unpaired) electrons. The van der Waals surface area contributed by atoms with Gasteiger partial charge in [0.05, 0.1) is 11.5 Å². The van der Waals surface area contributed by atoms with Crippen molar-refractivity contribution in [2.45, 2.75) is 53.4 Å². The summed E-state index contributed by atoms with van der Waals surface area (Å²) in [6.45, 7) is 8.07. The number of nitrogens with zero attached hydrogens (tertiary/aromatic N) is 1. The van der Waals surface area contributed by atoms with Gasteiger partial charge in [-0.1, -0.05) is 75.0 Å². The van der Waals surface area contributed by atoms with E-state index in [1.54, 1.807) is 12.3 Å². The predicted octanol–water partition coefficient (Wildman–Crippen LogP) is 11.4. The maximum atomic E-state index is 14.4. The Hall–Kier alpha value is -4.19. The van der Waals surface area contributed by atoms with Crippen molar-refractivity contribution < 1.29 is 43.5 Å². The Kier molecular flexibility index (Phi) is 10.4. The Bertz CT molecular complexity index is 2150. The number of ether oxygens (including phenoxy) is 1. The van der Waals surface area contributed by atoms with E-state index < -0.39 is 11.6 Å². The predicted molar refractivity (Wildman–Crippen MR) is 182 cm³/mol. The second-order valence-electron chi connectivity index (χ2n) is 11.8. The third-order valence-electron chi connectivity index (χ3n) is 9.15.